The highest BCUT2D eigenvalue weighted by molar-refractivity contribution is 5.93. The van der Waals surface area contributed by atoms with E-state index in [1.54, 1.807) is 7.11 Å². The fourth-order valence-electron chi connectivity index (χ4n) is 5.50. The lowest BCUT2D eigenvalue weighted by atomic mass is 9.82. The first-order valence-electron chi connectivity index (χ1n) is 10.7. The zero-order chi connectivity index (χ0) is 19.8. The van der Waals surface area contributed by atoms with E-state index in [0.29, 0.717) is 12.7 Å². The van der Waals surface area contributed by atoms with Gasteiger partial charge in [0.25, 0.3) is 0 Å². The lowest BCUT2D eigenvalue weighted by molar-refractivity contribution is -0.125. The van der Waals surface area contributed by atoms with Crippen LogP contribution in [0.5, 0.6) is 5.75 Å². The molecule has 1 N–H and O–H groups in total. The van der Waals surface area contributed by atoms with Crippen LogP contribution >= 0.6 is 0 Å². The fourth-order valence-corrected chi connectivity index (χ4v) is 5.50. The molecule has 5 nitrogen and oxygen atoms in total. The number of likely N-dealkylation sites (tertiary alicyclic amines) is 1. The van der Waals surface area contributed by atoms with E-state index in [-0.39, 0.29) is 5.91 Å². The summed E-state index contributed by atoms with van der Waals surface area (Å²) in [5.74, 6) is 1.13. The van der Waals surface area contributed by atoms with E-state index < -0.39 is 5.54 Å². The Labute approximate surface area is 172 Å². The van der Waals surface area contributed by atoms with E-state index in [1.807, 2.05) is 18.2 Å². The monoisotopic (exact) mass is 391 g/mol. The van der Waals surface area contributed by atoms with Crippen molar-refractivity contribution in [2.45, 2.75) is 43.7 Å². The molecule has 29 heavy (non-hydrogen) atoms. The lowest BCUT2D eigenvalue weighted by Gasteiger charge is -2.46. The van der Waals surface area contributed by atoms with E-state index >= 15 is 0 Å². The minimum absolute atomic E-state index is 0.187. The molecule has 2 aromatic rings. The number of ether oxygens (including phenoxy) is 1. The van der Waals surface area contributed by atoms with Crippen LogP contribution in [0.2, 0.25) is 0 Å². The Kier molecular flexibility index (Phi) is 4.70. The van der Waals surface area contributed by atoms with Gasteiger partial charge >= 0.3 is 0 Å². The molecule has 0 radical (unpaired) electrons. The highest BCUT2D eigenvalue weighted by Gasteiger charge is 2.51. The number of carbonyl (C=O) groups excluding carboxylic acids is 1. The van der Waals surface area contributed by atoms with E-state index in [9.17, 15) is 4.79 Å². The number of aryl methyl sites for hydroxylation is 1. The number of anilines is 1. The van der Waals surface area contributed by atoms with Crippen LogP contribution in [0.1, 0.15) is 42.9 Å². The van der Waals surface area contributed by atoms with Crippen molar-refractivity contribution in [1.82, 2.24) is 10.2 Å². The molecule has 2 aromatic carbocycles. The van der Waals surface area contributed by atoms with Crippen LogP contribution in [0.25, 0.3) is 0 Å². The van der Waals surface area contributed by atoms with E-state index in [1.165, 1.54) is 24.0 Å². The first-order valence-corrected chi connectivity index (χ1v) is 10.7. The van der Waals surface area contributed by atoms with Crippen molar-refractivity contribution >= 4 is 11.6 Å². The molecule has 1 amide bonds. The van der Waals surface area contributed by atoms with Gasteiger partial charge in [0.2, 0.25) is 5.91 Å². The maximum Gasteiger partial charge on any atom is 0.247 e. The topological polar surface area (TPSA) is 44.8 Å². The fraction of sp³-hybridized carbons (Fsp3) is 0.458. The first-order chi connectivity index (χ1) is 14.2. The van der Waals surface area contributed by atoms with Crippen molar-refractivity contribution in [1.29, 1.82) is 0 Å². The van der Waals surface area contributed by atoms with Crippen LogP contribution in [0.15, 0.2) is 48.5 Å². The SMILES string of the molecule is COc1ccc2c(c1)C(N1CCC3(CC1)C(=O)NCN3c1ccccc1)CCC2. The molecule has 1 aliphatic carbocycles. The average Bonchev–Trinajstić information content (AvgIpc) is 3.09. The molecule has 0 saturated carbocycles. The third kappa shape index (κ3) is 3.08. The Balaban J connectivity index is 1.38. The molecule has 3 aliphatic rings. The lowest BCUT2D eigenvalue weighted by Crippen LogP contribution is -2.57. The predicted octanol–water partition coefficient (Wildman–Crippen LogP) is 3.50. The summed E-state index contributed by atoms with van der Waals surface area (Å²) in [7, 11) is 1.74. The number of rotatable bonds is 3. The van der Waals surface area contributed by atoms with Gasteiger partial charge in [-0.05, 0) is 67.5 Å². The average molecular weight is 392 g/mol. The molecule has 0 aromatic heterocycles. The van der Waals surface area contributed by atoms with Gasteiger partial charge < -0.3 is 15.0 Å². The normalized spacial score (nSPS) is 23.7. The molecule has 2 heterocycles. The van der Waals surface area contributed by atoms with Crippen molar-refractivity contribution in [2.24, 2.45) is 0 Å². The molecule has 0 bridgehead atoms. The number of amides is 1. The Morgan fingerprint density at radius 1 is 1.10 bits per heavy atom. The molecule has 5 rings (SSSR count). The van der Waals surface area contributed by atoms with Crippen molar-refractivity contribution in [3.63, 3.8) is 0 Å². The van der Waals surface area contributed by atoms with E-state index in [0.717, 1.165) is 43.8 Å². The second kappa shape index (κ2) is 7.38. The Hall–Kier alpha value is -2.53. The third-order valence-corrected chi connectivity index (χ3v) is 7.11. The van der Waals surface area contributed by atoms with Gasteiger partial charge in [-0.15, -0.1) is 0 Å². The smallest absolute Gasteiger partial charge is 0.247 e. The van der Waals surface area contributed by atoms with Crippen LogP contribution < -0.4 is 15.0 Å². The zero-order valence-corrected chi connectivity index (χ0v) is 17.1. The van der Waals surface area contributed by atoms with Gasteiger partial charge in [0, 0.05) is 24.8 Å². The quantitative estimate of drug-likeness (QED) is 0.870. The summed E-state index contributed by atoms with van der Waals surface area (Å²) >= 11 is 0. The van der Waals surface area contributed by atoms with E-state index in [2.05, 4.69) is 45.4 Å². The van der Waals surface area contributed by atoms with Crippen molar-refractivity contribution in [2.75, 3.05) is 31.8 Å². The molecule has 1 unspecified atom stereocenters. The summed E-state index contributed by atoms with van der Waals surface area (Å²) in [6.45, 7) is 2.49. The maximum absolute atomic E-state index is 12.9. The molecule has 2 fully saturated rings. The number of methoxy groups -OCH3 is 1. The Morgan fingerprint density at radius 2 is 1.90 bits per heavy atom. The maximum atomic E-state index is 12.9. The summed E-state index contributed by atoms with van der Waals surface area (Å²) in [6.07, 6.45) is 5.29. The molecular formula is C24H29N3O2. The number of hydrogen-bond donors (Lipinski definition) is 1. The van der Waals surface area contributed by atoms with Crippen LogP contribution in [-0.2, 0) is 11.2 Å². The Bertz CT molecular complexity index is 890. The molecule has 152 valence electrons. The summed E-state index contributed by atoms with van der Waals surface area (Å²) in [5, 5.41) is 3.11. The molecule has 1 atom stereocenters. The number of piperidine rings is 1. The van der Waals surface area contributed by atoms with Crippen LogP contribution in [0, 0.1) is 0 Å². The first kappa shape index (κ1) is 18.5. The molecule has 5 heteroatoms. The van der Waals surface area contributed by atoms with Gasteiger partial charge in [-0.1, -0.05) is 24.3 Å². The minimum Gasteiger partial charge on any atom is -0.497 e. The minimum atomic E-state index is -0.413. The second-order valence-electron chi connectivity index (χ2n) is 8.47. The van der Waals surface area contributed by atoms with Gasteiger partial charge in [0.15, 0.2) is 0 Å². The molecular weight excluding hydrogens is 362 g/mol. The van der Waals surface area contributed by atoms with Crippen molar-refractivity contribution in [3.8, 4) is 5.75 Å². The van der Waals surface area contributed by atoms with Gasteiger partial charge in [-0.2, -0.15) is 0 Å². The van der Waals surface area contributed by atoms with Gasteiger partial charge in [-0.25, -0.2) is 0 Å². The summed E-state index contributed by atoms with van der Waals surface area (Å²) in [4.78, 5) is 17.8. The summed E-state index contributed by atoms with van der Waals surface area (Å²) in [6, 6.07) is 17.3. The van der Waals surface area contributed by atoms with Crippen LogP contribution in [0.4, 0.5) is 5.69 Å². The van der Waals surface area contributed by atoms with Crippen molar-refractivity contribution < 1.29 is 9.53 Å². The molecule has 2 aliphatic heterocycles. The Morgan fingerprint density at radius 3 is 2.66 bits per heavy atom. The number of fused-ring (bicyclic) bond motifs is 1. The number of para-hydroxylation sites is 1. The number of nitrogens with zero attached hydrogens (tertiary/aromatic N) is 2. The molecule has 1 spiro atoms. The van der Waals surface area contributed by atoms with E-state index in [4.69, 9.17) is 4.74 Å². The van der Waals surface area contributed by atoms with Crippen molar-refractivity contribution in [3.05, 3.63) is 59.7 Å². The van der Waals surface area contributed by atoms with Gasteiger partial charge in [-0.3, -0.25) is 9.69 Å². The standard InChI is InChI=1S/C24H29N3O2/c1-29-20-11-10-18-6-5-9-22(21(18)16-20)26-14-12-24(13-15-26)23(28)25-17-27(24)19-7-3-2-4-8-19/h2-4,7-8,10-11,16,22H,5-6,9,12-15,17H2,1H3,(H,25,28). The summed E-state index contributed by atoms with van der Waals surface area (Å²) in [5.41, 5.74) is 3.59. The number of nitrogens with one attached hydrogen (secondary N) is 1. The highest BCUT2D eigenvalue weighted by Crippen LogP contribution is 2.42. The van der Waals surface area contributed by atoms with Crippen LogP contribution in [0.3, 0.4) is 0 Å². The third-order valence-electron chi connectivity index (χ3n) is 7.11. The number of hydrogen-bond acceptors (Lipinski definition) is 4. The predicted molar refractivity (Wildman–Crippen MR) is 114 cm³/mol. The van der Waals surface area contributed by atoms with Crippen LogP contribution in [-0.4, -0.2) is 43.2 Å². The van der Waals surface area contributed by atoms with Gasteiger partial charge in [0.1, 0.15) is 11.3 Å². The molecule has 2 saturated heterocycles. The largest absolute Gasteiger partial charge is 0.497 e. The highest BCUT2D eigenvalue weighted by atomic mass is 16.5. The second-order valence-corrected chi connectivity index (χ2v) is 8.47. The number of carbonyl (C=O) groups is 1. The number of benzene rings is 2. The zero-order valence-electron chi connectivity index (χ0n) is 17.1. The summed E-state index contributed by atoms with van der Waals surface area (Å²) < 4.78 is 5.49. The van der Waals surface area contributed by atoms with Gasteiger partial charge in [0.05, 0.1) is 13.8 Å².